The number of unbranched alkanes of at least 4 members (excludes halogenated alkanes) is 12. The maximum absolute atomic E-state index is 5.75. The fraction of sp³-hybridized carbons (Fsp3) is 0.909. The van der Waals surface area contributed by atoms with Gasteiger partial charge in [-0.25, -0.2) is 0 Å². The van der Waals surface area contributed by atoms with Crippen molar-refractivity contribution >= 4 is 0 Å². The summed E-state index contributed by atoms with van der Waals surface area (Å²) in [5, 5.41) is 0. The molecular weight excluding hydrogens is 296 g/mol. The molecule has 24 heavy (non-hydrogen) atoms. The smallest absolute Gasteiger partial charge is 0.107 e. The molecule has 2 heteroatoms. The summed E-state index contributed by atoms with van der Waals surface area (Å²) in [6.45, 7) is 6.21. The molecule has 0 aliphatic carbocycles. The van der Waals surface area contributed by atoms with Crippen LogP contribution in [0.25, 0.3) is 0 Å². The van der Waals surface area contributed by atoms with E-state index in [0.29, 0.717) is 12.2 Å². The molecule has 1 saturated heterocycles. The van der Waals surface area contributed by atoms with Crippen molar-refractivity contribution in [3.05, 3.63) is 12.2 Å². The molecule has 0 saturated carbocycles. The van der Waals surface area contributed by atoms with Gasteiger partial charge in [0, 0.05) is 6.61 Å². The van der Waals surface area contributed by atoms with E-state index < -0.39 is 0 Å². The second-order valence-corrected chi connectivity index (χ2v) is 7.39. The Labute approximate surface area is 151 Å². The predicted molar refractivity (Wildman–Crippen MR) is 105 cm³/mol. The molecule has 1 rings (SSSR count). The van der Waals surface area contributed by atoms with E-state index in [1.807, 2.05) is 0 Å². The maximum Gasteiger partial charge on any atom is 0.107 e. The lowest BCUT2D eigenvalue weighted by Crippen LogP contribution is -2.15. The normalized spacial score (nSPS) is 18.3. The van der Waals surface area contributed by atoms with Crippen molar-refractivity contribution < 1.29 is 9.47 Å². The van der Waals surface area contributed by atoms with E-state index in [2.05, 4.69) is 26.0 Å². The van der Waals surface area contributed by atoms with Crippen LogP contribution < -0.4 is 0 Å². The molecule has 2 unspecified atom stereocenters. The van der Waals surface area contributed by atoms with Crippen LogP contribution in [0.3, 0.4) is 0 Å². The van der Waals surface area contributed by atoms with Gasteiger partial charge in [0.25, 0.3) is 0 Å². The first-order valence-electron chi connectivity index (χ1n) is 10.7. The van der Waals surface area contributed by atoms with Crippen LogP contribution in [-0.4, -0.2) is 25.4 Å². The number of hydrogen-bond donors (Lipinski definition) is 0. The minimum Gasteiger partial charge on any atom is -0.376 e. The molecule has 2 nitrogen and oxygen atoms in total. The molecule has 0 radical (unpaired) electrons. The van der Waals surface area contributed by atoms with Gasteiger partial charge in [-0.2, -0.15) is 0 Å². The van der Waals surface area contributed by atoms with Crippen LogP contribution in [0.4, 0.5) is 0 Å². The molecule has 1 fully saturated rings. The lowest BCUT2D eigenvalue weighted by Gasteiger charge is -2.09. The highest BCUT2D eigenvalue weighted by molar-refractivity contribution is 4.81. The molecule has 0 spiro atoms. The third-order valence-electron chi connectivity index (χ3n) is 4.92. The van der Waals surface area contributed by atoms with Gasteiger partial charge in [-0.1, -0.05) is 76.9 Å². The molecule has 142 valence electrons. The van der Waals surface area contributed by atoms with Crippen molar-refractivity contribution in [2.24, 2.45) is 0 Å². The van der Waals surface area contributed by atoms with E-state index in [9.17, 15) is 0 Å². The van der Waals surface area contributed by atoms with Crippen LogP contribution in [0, 0.1) is 0 Å². The molecule has 0 aromatic heterocycles. The molecule has 0 bridgehead atoms. The zero-order valence-corrected chi connectivity index (χ0v) is 16.4. The van der Waals surface area contributed by atoms with Crippen LogP contribution in [0.1, 0.15) is 104 Å². The van der Waals surface area contributed by atoms with Crippen molar-refractivity contribution in [2.75, 3.05) is 13.2 Å². The topological polar surface area (TPSA) is 21.8 Å². The van der Waals surface area contributed by atoms with Crippen LogP contribution in [0.15, 0.2) is 12.2 Å². The first-order valence-corrected chi connectivity index (χ1v) is 10.7. The number of rotatable bonds is 18. The fourth-order valence-corrected chi connectivity index (χ4v) is 3.05. The van der Waals surface area contributed by atoms with Gasteiger partial charge in [0.15, 0.2) is 0 Å². The van der Waals surface area contributed by atoms with Crippen molar-refractivity contribution in [3.63, 3.8) is 0 Å². The average molecular weight is 339 g/mol. The Morgan fingerprint density at radius 1 is 0.833 bits per heavy atom. The third-order valence-corrected chi connectivity index (χ3v) is 4.92. The summed E-state index contributed by atoms with van der Waals surface area (Å²) in [4.78, 5) is 0. The van der Waals surface area contributed by atoms with E-state index in [1.54, 1.807) is 0 Å². The minimum absolute atomic E-state index is 0.299. The largest absolute Gasteiger partial charge is 0.376 e. The van der Waals surface area contributed by atoms with Crippen molar-refractivity contribution in [2.45, 2.75) is 116 Å². The Hall–Kier alpha value is -0.340. The Kier molecular flexibility index (Phi) is 14.6. The van der Waals surface area contributed by atoms with Gasteiger partial charge in [-0.05, 0) is 39.0 Å². The summed E-state index contributed by atoms with van der Waals surface area (Å²) in [5.41, 5.74) is 0. The maximum atomic E-state index is 5.75. The highest BCUT2D eigenvalue weighted by Gasteiger charge is 2.29. The van der Waals surface area contributed by atoms with Crippen LogP contribution >= 0.6 is 0 Å². The summed E-state index contributed by atoms with van der Waals surface area (Å²) in [7, 11) is 0. The fourth-order valence-electron chi connectivity index (χ4n) is 3.05. The van der Waals surface area contributed by atoms with Gasteiger partial charge in [0.05, 0.1) is 12.7 Å². The first-order chi connectivity index (χ1) is 11.8. The molecule has 1 aliphatic rings. The van der Waals surface area contributed by atoms with Gasteiger partial charge in [0.2, 0.25) is 0 Å². The van der Waals surface area contributed by atoms with Gasteiger partial charge >= 0.3 is 0 Å². The quantitative estimate of drug-likeness (QED) is 0.155. The zero-order valence-electron chi connectivity index (χ0n) is 16.4. The number of epoxide rings is 1. The Bertz CT molecular complexity index is 284. The highest BCUT2D eigenvalue weighted by Crippen LogP contribution is 2.17. The zero-order chi connectivity index (χ0) is 17.3. The number of allylic oxidation sites excluding steroid dienone is 2. The molecular formula is C22H42O2. The lowest BCUT2D eigenvalue weighted by atomic mass is 10.1. The van der Waals surface area contributed by atoms with Crippen molar-refractivity contribution in [1.29, 1.82) is 0 Å². The Morgan fingerprint density at radius 3 is 1.88 bits per heavy atom. The lowest BCUT2D eigenvalue weighted by molar-refractivity contribution is 0.0434. The van der Waals surface area contributed by atoms with E-state index in [1.165, 1.54) is 89.9 Å². The molecule has 0 aromatic carbocycles. The molecule has 1 heterocycles. The van der Waals surface area contributed by atoms with E-state index >= 15 is 0 Å². The van der Waals surface area contributed by atoms with Gasteiger partial charge in [-0.15, -0.1) is 0 Å². The van der Waals surface area contributed by atoms with Gasteiger partial charge in [0.1, 0.15) is 6.10 Å². The first kappa shape index (κ1) is 21.7. The molecule has 2 atom stereocenters. The van der Waals surface area contributed by atoms with Crippen LogP contribution in [0.5, 0.6) is 0 Å². The van der Waals surface area contributed by atoms with E-state index in [-0.39, 0.29) is 0 Å². The van der Waals surface area contributed by atoms with Gasteiger partial charge in [-0.3, -0.25) is 0 Å². The number of ether oxygens (including phenoxy) is 2. The van der Waals surface area contributed by atoms with E-state index in [0.717, 1.165) is 13.2 Å². The third kappa shape index (κ3) is 14.0. The summed E-state index contributed by atoms with van der Waals surface area (Å²) in [6.07, 6.45) is 24.5. The van der Waals surface area contributed by atoms with Gasteiger partial charge < -0.3 is 9.47 Å². The molecule has 0 N–H and O–H groups in total. The Morgan fingerprint density at radius 2 is 1.33 bits per heavy atom. The summed E-state index contributed by atoms with van der Waals surface area (Å²) < 4.78 is 11.0. The summed E-state index contributed by atoms with van der Waals surface area (Å²) in [6, 6.07) is 0. The summed E-state index contributed by atoms with van der Waals surface area (Å²) >= 11 is 0. The van der Waals surface area contributed by atoms with Crippen molar-refractivity contribution in [3.8, 4) is 0 Å². The Balaban J connectivity index is 1.68. The van der Waals surface area contributed by atoms with E-state index in [4.69, 9.17) is 9.47 Å². The second-order valence-electron chi connectivity index (χ2n) is 7.39. The second kappa shape index (κ2) is 16.1. The average Bonchev–Trinajstić information content (AvgIpc) is 3.42. The number of hydrogen-bond acceptors (Lipinski definition) is 2. The van der Waals surface area contributed by atoms with Crippen molar-refractivity contribution in [1.82, 2.24) is 0 Å². The monoisotopic (exact) mass is 338 g/mol. The summed E-state index contributed by atoms with van der Waals surface area (Å²) in [5.74, 6) is 0. The molecule has 0 aromatic rings. The molecule has 0 amide bonds. The standard InChI is InChI=1S/C22H42O2/c1-3-4-5-6-7-8-9-10-11-12-13-14-15-16-17-18-19-23-21(2)22-20-24-22/h10-11,21-22H,3-9,12-20H2,1-2H3/b11-10-. The highest BCUT2D eigenvalue weighted by atomic mass is 16.6. The molecule has 1 aliphatic heterocycles. The van der Waals surface area contributed by atoms with Crippen LogP contribution in [-0.2, 0) is 9.47 Å². The van der Waals surface area contributed by atoms with Crippen LogP contribution in [0.2, 0.25) is 0 Å². The SMILES string of the molecule is CCCCCCCC/C=C\CCCCCCCCOC(C)C1CO1. The minimum atomic E-state index is 0.299. The predicted octanol–water partition coefficient (Wildman–Crippen LogP) is 6.83.